The number of rotatable bonds is 4. The highest BCUT2D eigenvalue weighted by Crippen LogP contribution is 2.05. The molecule has 16 heavy (non-hydrogen) atoms. The minimum atomic E-state index is 0.614. The summed E-state index contributed by atoms with van der Waals surface area (Å²) in [6.45, 7) is 10.7. The highest BCUT2D eigenvalue weighted by molar-refractivity contribution is 4.86. The van der Waals surface area contributed by atoms with E-state index in [2.05, 4.69) is 34.1 Å². The van der Waals surface area contributed by atoms with Crippen molar-refractivity contribution >= 4 is 0 Å². The van der Waals surface area contributed by atoms with E-state index in [1.54, 1.807) is 6.33 Å². The molecule has 1 fully saturated rings. The van der Waals surface area contributed by atoms with Gasteiger partial charge >= 0.3 is 0 Å². The van der Waals surface area contributed by atoms with Crippen LogP contribution in [0.15, 0.2) is 6.33 Å². The van der Waals surface area contributed by atoms with Crippen molar-refractivity contribution in [3.63, 3.8) is 0 Å². The van der Waals surface area contributed by atoms with Crippen LogP contribution < -0.4 is 5.32 Å². The first-order valence-electron chi connectivity index (χ1n) is 6.05. The Morgan fingerprint density at radius 3 is 2.81 bits per heavy atom. The third-order valence-electron chi connectivity index (χ3n) is 2.81. The Morgan fingerprint density at radius 2 is 2.12 bits per heavy atom. The maximum Gasteiger partial charge on any atom is 0.141 e. The Labute approximate surface area is 96.8 Å². The lowest BCUT2D eigenvalue weighted by Gasteiger charge is -2.26. The fourth-order valence-corrected chi connectivity index (χ4v) is 1.98. The monoisotopic (exact) mass is 223 g/mol. The molecule has 0 bridgehead atoms. The number of hydrogen-bond donors (Lipinski definition) is 1. The molecule has 0 aromatic carbocycles. The first-order valence-corrected chi connectivity index (χ1v) is 6.05. The summed E-state index contributed by atoms with van der Waals surface area (Å²) in [5.41, 5.74) is 0. The Morgan fingerprint density at radius 1 is 1.38 bits per heavy atom. The third kappa shape index (κ3) is 3.02. The van der Waals surface area contributed by atoms with Gasteiger partial charge in [-0.25, -0.2) is 9.67 Å². The average Bonchev–Trinajstić information content (AvgIpc) is 2.66. The van der Waals surface area contributed by atoms with Gasteiger partial charge in [0.15, 0.2) is 0 Å². The van der Waals surface area contributed by atoms with E-state index in [9.17, 15) is 0 Å². The molecule has 0 amide bonds. The van der Waals surface area contributed by atoms with E-state index >= 15 is 0 Å². The van der Waals surface area contributed by atoms with Crippen LogP contribution in [0, 0.1) is 5.92 Å². The second-order valence-corrected chi connectivity index (χ2v) is 4.78. The zero-order valence-electron chi connectivity index (χ0n) is 10.2. The van der Waals surface area contributed by atoms with Crippen molar-refractivity contribution in [3.05, 3.63) is 12.2 Å². The van der Waals surface area contributed by atoms with Gasteiger partial charge in [-0.05, 0) is 5.92 Å². The lowest BCUT2D eigenvalue weighted by molar-refractivity contribution is 0.222. The number of aromatic nitrogens is 3. The van der Waals surface area contributed by atoms with Crippen LogP contribution in [0.2, 0.25) is 0 Å². The van der Waals surface area contributed by atoms with Crippen LogP contribution in [0.5, 0.6) is 0 Å². The SMILES string of the molecule is CC(C)Cn1ncnc1CN1CCNCC1. The van der Waals surface area contributed by atoms with Crippen molar-refractivity contribution in [2.24, 2.45) is 5.92 Å². The van der Waals surface area contributed by atoms with Gasteiger partial charge in [0.05, 0.1) is 6.54 Å². The van der Waals surface area contributed by atoms with E-state index in [0.717, 1.165) is 45.1 Å². The molecule has 5 heteroatoms. The molecule has 90 valence electrons. The highest BCUT2D eigenvalue weighted by atomic mass is 15.4. The molecule has 2 rings (SSSR count). The molecule has 0 radical (unpaired) electrons. The molecule has 1 aromatic rings. The van der Waals surface area contributed by atoms with Crippen molar-refractivity contribution in [1.82, 2.24) is 25.0 Å². The lowest BCUT2D eigenvalue weighted by atomic mass is 10.2. The Balaban J connectivity index is 1.94. The molecular weight excluding hydrogens is 202 g/mol. The predicted octanol–water partition coefficient (Wildman–Crippen LogP) is 0.339. The molecule has 0 saturated carbocycles. The zero-order valence-corrected chi connectivity index (χ0v) is 10.2. The lowest BCUT2D eigenvalue weighted by Crippen LogP contribution is -2.43. The van der Waals surface area contributed by atoms with Gasteiger partial charge in [-0.15, -0.1) is 0 Å². The van der Waals surface area contributed by atoms with Crippen molar-refractivity contribution < 1.29 is 0 Å². The quantitative estimate of drug-likeness (QED) is 0.799. The number of nitrogens with zero attached hydrogens (tertiary/aromatic N) is 4. The minimum Gasteiger partial charge on any atom is -0.314 e. The van der Waals surface area contributed by atoms with E-state index in [1.807, 2.05) is 4.68 Å². The van der Waals surface area contributed by atoms with Crippen LogP contribution in [-0.4, -0.2) is 45.8 Å². The summed E-state index contributed by atoms with van der Waals surface area (Å²) < 4.78 is 2.03. The number of hydrogen-bond acceptors (Lipinski definition) is 4. The summed E-state index contributed by atoms with van der Waals surface area (Å²) in [6, 6.07) is 0. The summed E-state index contributed by atoms with van der Waals surface area (Å²) in [4.78, 5) is 6.78. The molecule has 0 spiro atoms. The molecule has 1 N–H and O–H groups in total. The maximum atomic E-state index is 4.35. The van der Waals surface area contributed by atoms with Crippen LogP contribution in [-0.2, 0) is 13.1 Å². The molecule has 1 aliphatic rings. The molecule has 1 aliphatic heterocycles. The summed E-state index contributed by atoms with van der Waals surface area (Å²) >= 11 is 0. The Bertz CT molecular complexity index is 314. The van der Waals surface area contributed by atoms with E-state index in [4.69, 9.17) is 0 Å². The van der Waals surface area contributed by atoms with Gasteiger partial charge < -0.3 is 5.32 Å². The molecule has 0 unspecified atom stereocenters. The maximum absolute atomic E-state index is 4.35. The van der Waals surface area contributed by atoms with Gasteiger partial charge in [-0.1, -0.05) is 13.8 Å². The Hall–Kier alpha value is -0.940. The van der Waals surface area contributed by atoms with E-state index in [-0.39, 0.29) is 0 Å². The summed E-state index contributed by atoms with van der Waals surface area (Å²) in [6.07, 6.45) is 1.67. The summed E-state index contributed by atoms with van der Waals surface area (Å²) in [7, 11) is 0. The third-order valence-corrected chi connectivity index (χ3v) is 2.81. The number of piperazine rings is 1. The molecule has 0 aliphatic carbocycles. The molecular formula is C11H21N5. The topological polar surface area (TPSA) is 46.0 Å². The zero-order chi connectivity index (χ0) is 11.4. The van der Waals surface area contributed by atoms with E-state index in [1.165, 1.54) is 0 Å². The second kappa shape index (κ2) is 5.41. The highest BCUT2D eigenvalue weighted by Gasteiger charge is 2.13. The minimum absolute atomic E-state index is 0.614. The van der Waals surface area contributed by atoms with Crippen LogP contribution in [0.25, 0.3) is 0 Å². The Kier molecular flexibility index (Phi) is 3.90. The summed E-state index contributed by atoms with van der Waals surface area (Å²) in [5, 5.41) is 7.64. The number of nitrogens with one attached hydrogen (secondary N) is 1. The molecule has 1 saturated heterocycles. The molecule has 1 aromatic heterocycles. The van der Waals surface area contributed by atoms with E-state index < -0.39 is 0 Å². The second-order valence-electron chi connectivity index (χ2n) is 4.78. The van der Waals surface area contributed by atoms with Crippen LogP contribution >= 0.6 is 0 Å². The van der Waals surface area contributed by atoms with Gasteiger partial charge in [0.2, 0.25) is 0 Å². The van der Waals surface area contributed by atoms with Crippen molar-refractivity contribution in [3.8, 4) is 0 Å². The molecule has 2 heterocycles. The standard InChI is InChI=1S/C11H21N5/c1-10(2)7-16-11(13-9-14-16)8-15-5-3-12-4-6-15/h9-10,12H,3-8H2,1-2H3. The van der Waals surface area contributed by atoms with Crippen molar-refractivity contribution in [2.45, 2.75) is 26.9 Å². The smallest absolute Gasteiger partial charge is 0.141 e. The average molecular weight is 223 g/mol. The molecule has 0 atom stereocenters. The molecule has 5 nitrogen and oxygen atoms in total. The summed E-state index contributed by atoms with van der Waals surface area (Å²) in [5.74, 6) is 1.71. The van der Waals surface area contributed by atoms with Gasteiger partial charge in [0.1, 0.15) is 12.2 Å². The van der Waals surface area contributed by atoms with Gasteiger partial charge in [0.25, 0.3) is 0 Å². The van der Waals surface area contributed by atoms with E-state index in [0.29, 0.717) is 5.92 Å². The van der Waals surface area contributed by atoms with Crippen molar-refractivity contribution in [2.75, 3.05) is 26.2 Å². The van der Waals surface area contributed by atoms with Gasteiger partial charge in [0, 0.05) is 32.7 Å². The van der Waals surface area contributed by atoms with Gasteiger partial charge in [-0.2, -0.15) is 5.10 Å². The largest absolute Gasteiger partial charge is 0.314 e. The van der Waals surface area contributed by atoms with Crippen LogP contribution in [0.4, 0.5) is 0 Å². The predicted molar refractivity (Wildman–Crippen MR) is 63.0 cm³/mol. The fraction of sp³-hybridized carbons (Fsp3) is 0.818. The fourth-order valence-electron chi connectivity index (χ4n) is 1.98. The normalized spacial score (nSPS) is 18.2. The van der Waals surface area contributed by atoms with Crippen LogP contribution in [0.1, 0.15) is 19.7 Å². The van der Waals surface area contributed by atoms with Gasteiger partial charge in [-0.3, -0.25) is 4.90 Å². The first-order chi connectivity index (χ1) is 7.75. The van der Waals surface area contributed by atoms with Crippen LogP contribution in [0.3, 0.4) is 0 Å². The van der Waals surface area contributed by atoms with Crippen molar-refractivity contribution in [1.29, 1.82) is 0 Å². The first kappa shape index (κ1) is 11.5.